The Labute approximate surface area is 69.3 Å². The van der Waals surface area contributed by atoms with Crippen molar-refractivity contribution in [3.8, 4) is 0 Å². The predicted octanol–water partition coefficient (Wildman–Crippen LogP) is 2.26. The van der Waals surface area contributed by atoms with Gasteiger partial charge in [-0.3, -0.25) is 5.01 Å². The van der Waals surface area contributed by atoms with Crippen molar-refractivity contribution in [2.24, 2.45) is 5.10 Å². The molecule has 1 unspecified atom stereocenters. The maximum Gasteiger partial charge on any atom is 0.0598 e. The molecular formula is C9H18N2. The Morgan fingerprint density at radius 1 is 1.55 bits per heavy atom. The molecule has 0 radical (unpaired) electrons. The summed E-state index contributed by atoms with van der Waals surface area (Å²) in [5.41, 5.74) is 1.64. The molecule has 1 heterocycles. The van der Waals surface area contributed by atoms with E-state index in [4.69, 9.17) is 0 Å². The highest BCUT2D eigenvalue weighted by Crippen LogP contribution is 2.29. The molecule has 64 valence electrons. The molecule has 0 aliphatic carbocycles. The molecule has 0 bridgehead atoms. The van der Waals surface area contributed by atoms with E-state index in [1.807, 2.05) is 0 Å². The highest BCUT2D eigenvalue weighted by molar-refractivity contribution is 5.86. The topological polar surface area (TPSA) is 15.6 Å². The Bertz CT molecular complexity index is 174. The molecule has 0 aromatic rings. The smallest absolute Gasteiger partial charge is 0.0598 e. The van der Waals surface area contributed by atoms with Crippen molar-refractivity contribution in [1.29, 1.82) is 0 Å². The summed E-state index contributed by atoms with van der Waals surface area (Å²) < 4.78 is 0. The maximum atomic E-state index is 4.48. The van der Waals surface area contributed by atoms with Gasteiger partial charge in [-0.1, -0.05) is 13.8 Å². The fourth-order valence-electron chi connectivity index (χ4n) is 1.47. The molecule has 0 aromatic carbocycles. The maximum absolute atomic E-state index is 4.48. The van der Waals surface area contributed by atoms with Gasteiger partial charge in [0, 0.05) is 19.2 Å². The third-order valence-corrected chi connectivity index (χ3v) is 2.83. The average molecular weight is 154 g/mol. The van der Waals surface area contributed by atoms with Crippen molar-refractivity contribution >= 4 is 5.71 Å². The molecule has 1 aliphatic heterocycles. The Morgan fingerprint density at radius 3 is 2.45 bits per heavy atom. The minimum atomic E-state index is 0.297. The van der Waals surface area contributed by atoms with Gasteiger partial charge in [-0.25, -0.2) is 0 Å². The van der Waals surface area contributed by atoms with Gasteiger partial charge in [-0.05, 0) is 19.8 Å². The molecule has 1 aliphatic rings. The zero-order valence-electron chi connectivity index (χ0n) is 8.02. The van der Waals surface area contributed by atoms with E-state index in [0.717, 1.165) is 12.8 Å². The van der Waals surface area contributed by atoms with Gasteiger partial charge in [0.25, 0.3) is 0 Å². The quantitative estimate of drug-likeness (QED) is 0.595. The second-order valence-corrected chi connectivity index (χ2v) is 3.57. The standard InChI is InChI=1S/C9H18N2/c1-5-8-7-9(3,6-2)11(4)10-8/h5-7H2,1-4H3. The van der Waals surface area contributed by atoms with Crippen molar-refractivity contribution < 1.29 is 0 Å². The van der Waals surface area contributed by atoms with E-state index in [0.29, 0.717) is 5.54 Å². The highest BCUT2D eigenvalue weighted by atomic mass is 15.5. The Balaban J connectivity index is 2.68. The minimum absolute atomic E-state index is 0.297. The zero-order chi connectivity index (χ0) is 8.48. The molecule has 0 N–H and O–H groups in total. The third-order valence-electron chi connectivity index (χ3n) is 2.83. The van der Waals surface area contributed by atoms with Crippen molar-refractivity contribution in [2.75, 3.05) is 7.05 Å². The zero-order valence-corrected chi connectivity index (χ0v) is 8.02. The van der Waals surface area contributed by atoms with Crippen LogP contribution in [-0.2, 0) is 0 Å². The van der Waals surface area contributed by atoms with Crippen LogP contribution in [0.2, 0.25) is 0 Å². The molecule has 0 saturated heterocycles. The molecule has 2 heteroatoms. The second kappa shape index (κ2) is 2.84. The first-order chi connectivity index (χ1) is 5.12. The summed E-state index contributed by atoms with van der Waals surface area (Å²) in [4.78, 5) is 0. The monoisotopic (exact) mass is 154 g/mol. The van der Waals surface area contributed by atoms with Crippen LogP contribution < -0.4 is 0 Å². The summed E-state index contributed by atoms with van der Waals surface area (Å²) in [6, 6.07) is 0. The van der Waals surface area contributed by atoms with Crippen LogP contribution in [0.1, 0.15) is 40.0 Å². The molecule has 0 aromatic heterocycles. The summed E-state index contributed by atoms with van der Waals surface area (Å²) in [5.74, 6) is 0. The number of rotatable bonds is 2. The predicted molar refractivity (Wildman–Crippen MR) is 48.8 cm³/mol. The molecule has 0 amide bonds. The lowest BCUT2D eigenvalue weighted by molar-refractivity contribution is 0.167. The van der Waals surface area contributed by atoms with Crippen molar-refractivity contribution in [2.45, 2.75) is 45.6 Å². The van der Waals surface area contributed by atoms with Gasteiger partial charge in [0.2, 0.25) is 0 Å². The van der Waals surface area contributed by atoms with Gasteiger partial charge in [0.05, 0.1) is 5.54 Å². The lowest BCUT2D eigenvalue weighted by Gasteiger charge is -2.29. The first-order valence-electron chi connectivity index (χ1n) is 4.42. The van der Waals surface area contributed by atoms with Crippen LogP contribution in [0.3, 0.4) is 0 Å². The molecular weight excluding hydrogens is 136 g/mol. The van der Waals surface area contributed by atoms with E-state index in [1.165, 1.54) is 12.1 Å². The third kappa shape index (κ3) is 1.39. The molecule has 0 fully saturated rings. The van der Waals surface area contributed by atoms with Crippen LogP contribution in [0, 0.1) is 0 Å². The van der Waals surface area contributed by atoms with Gasteiger partial charge in [-0.2, -0.15) is 5.10 Å². The molecule has 0 spiro atoms. The fourth-order valence-corrected chi connectivity index (χ4v) is 1.47. The van der Waals surface area contributed by atoms with Crippen LogP contribution in [0.15, 0.2) is 5.10 Å². The number of hydrogen-bond acceptors (Lipinski definition) is 2. The van der Waals surface area contributed by atoms with Crippen LogP contribution in [0.25, 0.3) is 0 Å². The van der Waals surface area contributed by atoms with Crippen LogP contribution in [0.4, 0.5) is 0 Å². The van der Waals surface area contributed by atoms with Crippen molar-refractivity contribution in [3.63, 3.8) is 0 Å². The summed E-state index contributed by atoms with van der Waals surface area (Å²) in [6.07, 6.45) is 3.42. The molecule has 2 nitrogen and oxygen atoms in total. The Morgan fingerprint density at radius 2 is 2.18 bits per heavy atom. The van der Waals surface area contributed by atoms with Crippen molar-refractivity contribution in [1.82, 2.24) is 5.01 Å². The normalized spacial score (nSPS) is 30.9. The first kappa shape index (κ1) is 8.57. The number of hydrogen-bond donors (Lipinski definition) is 0. The van der Waals surface area contributed by atoms with Crippen molar-refractivity contribution in [3.05, 3.63) is 0 Å². The van der Waals surface area contributed by atoms with Gasteiger partial charge < -0.3 is 0 Å². The molecule has 1 rings (SSSR count). The lowest BCUT2D eigenvalue weighted by Crippen LogP contribution is -2.36. The van der Waals surface area contributed by atoms with Gasteiger partial charge in [0.15, 0.2) is 0 Å². The fraction of sp³-hybridized carbons (Fsp3) is 0.889. The Kier molecular flexibility index (Phi) is 2.21. The van der Waals surface area contributed by atoms with Crippen LogP contribution in [0.5, 0.6) is 0 Å². The molecule has 11 heavy (non-hydrogen) atoms. The lowest BCUT2D eigenvalue weighted by atomic mass is 9.92. The summed E-state index contributed by atoms with van der Waals surface area (Å²) in [7, 11) is 2.08. The van der Waals surface area contributed by atoms with Gasteiger partial charge in [-0.15, -0.1) is 0 Å². The highest BCUT2D eigenvalue weighted by Gasteiger charge is 2.33. The van der Waals surface area contributed by atoms with Gasteiger partial charge in [0.1, 0.15) is 0 Å². The first-order valence-corrected chi connectivity index (χ1v) is 4.42. The van der Waals surface area contributed by atoms with E-state index in [2.05, 4.69) is 37.9 Å². The van der Waals surface area contributed by atoms with E-state index >= 15 is 0 Å². The van der Waals surface area contributed by atoms with E-state index in [-0.39, 0.29) is 0 Å². The largest absolute Gasteiger partial charge is 0.294 e. The number of nitrogens with zero attached hydrogens (tertiary/aromatic N) is 2. The summed E-state index contributed by atoms with van der Waals surface area (Å²) >= 11 is 0. The molecule has 1 atom stereocenters. The van der Waals surface area contributed by atoms with E-state index in [9.17, 15) is 0 Å². The van der Waals surface area contributed by atoms with E-state index < -0.39 is 0 Å². The van der Waals surface area contributed by atoms with E-state index in [1.54, 1.807) is 0 Å². The van der Waals surface area contributed by atoms with Crippen LogP contribution >= 0.6 is 0 Å². The Hall–Kier alpha value is -0.530. The molecule has 0 saturated carbocycles. The number of hydrazone groups is 1. The van der Waals surface area contributed by atoms with Gasteiger partial charge >= 0.3 is 0 Å². The minimum Gasteiger partial charge on any atom is -0.294 e. The SMILES string of the molecule is CCC1=NN(C)C(C)(CC)C1. The van der Waals surface area contributed by atoms with Crippen LogP contribution in [-0.4, -0.2) is 23.3 Å². The summed E-state index contributed by atoms with van der Waals surface area (Å²) in [6.45, 7) is 6.68. The second-order valence-electron chi connectivity index (χ2n) is 3.57. The average Bonchev–Trinajstić information content (AvgIpc) is 2.29. The summed E-state index contributed by atoms with van der Waals surface area (Å²) in [5, 5.41) is 6.60.